The first kappa shape index (κ1) is 28.6. The van der Waals surface area contributed by atoms with Crippen molar-refractivity contribution in [3.05, 3.63) is 77.9 Å². The second kappa shape index (κ2) is 17.1. The molecule has 4 rings (SSSR count). The van der Waals surface area contributed by atoms with Gasteiger partial charge in [0.1, 0.15) is 6.29 Å². The van der Waals surface area contributed by atoms with E-state index in [0.29, 0.717) is 12.3 Å². The lowest BCUT2D eigenvalue weighted by Gasteiger charge is -2.34. The maximum absolute atomic E-state index is 9.98. The minimum atomic E-state index is -0.167. The van der Waals surface area contributed by atoms with Crippen LogP contribution in [0.3, 0.4) is 0 Å². The van der Waals surface area contributed by atoms with E-state index < -0.39 is 0 Å². The van der Waals surface area contributed by atoms with Crippen molar-refractivity contribution >= 4 is 12.0 Å². The van der Waals surface area contributed by atoms with Gasteiger partial charge in [-0.2, -0.15) is 0 Å². The first-order valence-electron chi connectivity index (χ1n) is 12.3. The van der Waals surface area contributed by atoms with E-state index in [1.807, 2.05) is 63.3 Å². The average molecular weight is 453 g/mol. The van der Waals surface area contributed by atoms with E-state index in [9.17, 15) is 4.79 Å². The van der Waals surface area contributed by atoms with E-state index in [1.54, 1.807) is 0 Å². The van der Waals surface area contributed by atoms with Gasteiger partial charge in [0, 0.05) is 38.3 Å². The number of carbonyl (C=O) groups is 1. The molecular formula is C29H44N2O2. The number of aldehydes is 1. The molecule has 1 saturated heterocycles. The highest BCUT2D eigenvalue weighted by Crippen LogP contribution is 2.17. The Hall–Kier alpha value is -2.43. The van der Waals surface area contributed by atoms with E-state index in [-0.39, 0.29) is 6.10 Å². The zero-order chi connectivity index (χ0) is 24.5. The molecular weight excluding hydrogens is 408 g/mol. The zero-order valence-electron chi connectivity index (χ0n) is 21.3. The van der Waals surface area contributed by atoms with Crippen LogP contribution < -0.4 is 4.90 Å². The summed E-state index contributed by atoms with van der Waals surface area (Å²) in [6, 6.07) is 18.8. The van der Waals surface area contributed by atoms with E-state index >= 15 is 0 Å². The molecule has 1 aliphatic carbocycles. The van der Waals surface area contributed by atoms with Crippen molar-refractivity contribution in [1.82, 2.24) is 4.90 Å². The van der Waals surface area contributed by atoms with E-state index in [4.69, 9.17) is 5.11 Å². The number of anilines is 1. The molecule has 182 valence electrons. The predicted molar refractivity (Wildman–Crippen MR) is 142 cm³/mol. The summed E-state index contributed by atoms with van der Waals surface area (Å²) in [5.74, 6) is 0.458. The largest absolute Gasteiger partial charge is 0.389 e. The number of hydrogen-bond acceptors (Lipinski definition) is 4. The zero-order valence-corrected chi connectivity index (χ0v) is 21.3. The summed E-state index contributed by atoms with van der Waals surface area (Å²) >= 11 is 0. The molecule has 1 aliphatic heterocycles. The molecule has 4 heteroatoms. The van der Waals surface area contributed by atoms with Crippen LogP contribution in [0.25, 0.3) is 0 Å². The smallest absolute Gasteiger partial charge is 0.120 e. The third-order valence-corrected chi connectivity index (χ3v) is 5.72. The maximum Gasteiger partial charge on any atom is 0.120 e. The number of aryl methyl sites for hydroxylation is 2. The lowest BCUT2D eigenvalue weighted by Crippen LogP contribution is -2.44. The molecule has 2 unspecified atom stereocenters. The Labute approximate surface area is 201 Å². The summed E-state index contributed by atoms with van der Waals surface area (Å²) in [4.78, 5) is 14.8. The fourth-order valence-electron chi connectivity index (χ4n) is 3.45. The van der Waals surface area contributed by atoms with Gasteiger partial charge in [-0.25, -0.2) is 0 Å². The molecule has 0 saturated carbocycles. The monoisotopic (exact) mass is 452 g/mol. The minimum absolute atomic E-state index is 0.167. The van der Waals surface area contributed by atoms with E-state index in [0.717, 1.165) is 32.2 Å². The topological polar surface area (TPSA) is 43.8 Å². The molecule has 2 aliphatic rings. The van der Waals surface area contributed by atoms with Crippen LogP contribution in [-0.4, -0.2) is 55.6 Å². The van der Waals surface area contributed by atoms with E-state index in [2.05, 4.69) is 48.0 Å². The number of hydrogen-bond donors (Lipinski definition) is 1. The molecule has 1 N–H and O–H groups in total. The number of aliphatic hydroxyl groups is 1. The second-order valence-corrected chi connectivity index (χ2v) is 8.45. The van der Waals surface area contributed by atoms with E-state index in [1.165, 1.54) is 29.9 Å². The Morgan fingerprint density at radius 3 is 2.03 bits per heavy atom. The van der Waals surface area contributed by atoms with Gasteiger partial charge in [-0.15, -0.1) is 0 Å². The average Bonchev–Trinajstić information content (AvgIpc) is 3.24. The Kier molecular flexibility index (Phi) is 14.8. The summed E-state index contributed by atoms with van der Waals surface area (Å²) in [5, 5.41) is 8.91. The summed E-state index contributed by atoms with van der Waals surface area (Å²) in [7, 11) is 2.19. The SMILES string of the molecule is CC.CC1CC=CC1O.Cc1ccc(N2CCN(C)CC2)cc1.O=CCCc1ccccc1. The molecule has 4 nitrogen and oxygen atoms in total. The third kappa shape index (κ3) is 11.8. The van der Waals surface area contributed by atoms with Gasteiger partial charge >= 0.3 is 0 Å². The van der Waals surface area contributed by atoms with Crippen LogP contribution in [0.4, 0.5) is 5.69 Å². The molecule has 2 atom stereocenters. The molecule has 1 fully saturated rings. The van der Waals surface area contributed by atoms with Gasteiger partial charge < -0.3 is 19.7 Å². The summed E-state index contributed by atoms with van der Waals surface area (Å²) in [6.07, 6.45) is 7.20. The van der Waals surface area contributed by atoms with Gasteiger partial charge in [0.15, 0.2) is 0 Å². The van der Waals surface area contributed by atoms with Crippen LogP contribution >= 0.6 is 0 Å². The van der Waals surface area contributed by atoms with Crippen LogP contribution in [0.5, 0.6) is 0 Å². The number of aliphatic hydroxyl groups excluding tert-OH is 1. The fraction of sp³-hybridized carbons (Fsp3) is 0.483. The summed E-state index contributed by atoms with van der Waals surface area (Å²) < 4.78 is 0. The lowest BCUT2D eigenvalue weighted by atomic mass is 10.1. The summed E-state index contributed by atoms with van der Waals surface area (Å²) in [5.41, 5.74) is 3.93. The number of nitrogens with zero attached hydrogens (tertiary/aromatic N) is 2. The Morgan fingerprint density at radius 2 is 1.58 bits per heavy atom. The van der Waals surface area contributed by atoms with Crippen molar-refractivity contribution in [2.75, 3.05) is 38.1 Å². The van der Waals surface area contributed by atoms with Gasteiger partial charge in [-0.1, -0.05) is 81.0 Å². The molecule has 0 bridgehead atoms. The highest BCUT2D eigenvalue weighted by molar-refractivity contribution is 5.50. The van der Waals surface area contributed by atoms with Crippen molar-refractivity contribution < 1.29 is 9.90 Å². The number of rotatable bonds is 4. The van der Waals surface area contributed by atoms with Gasteiger partial charge in [-0.3, -0.25) is 0 Å². The van der Waals surface area contributed by atoms with Crippen molar-refractivity contribution in [3.63, 3.8) is 0 Å². The molecule has 0 amide bonds. The van der Waals surface area contributed by atoms with Gasteiger partial charge in [0.25, 0.3) is 0 Å². The van der Waals surface area contributed by atoms with Crippen molar-refractivity contribution in [1.29, 1.82) is 0 Å². The maximum atomic E-state index is 9.98. The van der Waals surface area contributed by atoms with Gasteiger partial charge in [0.2, 0.25) is 0 Å². The first-order chi connectivity index (χ1) is 16.0. The van der Waals surface area contributed by atoms with Crippen LogP contribution in [0.1, 0.15) is 44.7 Å². The Bertz CT molecular complexity index is 766. The highest BCUT2D eigenvalue weighted by atomic mass is 16.3. The first-order valence-corrected chi connectivity index (χ1v) is 12.3. The van der Waals surface area contributed by atoms with Crippen molar-refractivity contribution in [2.24, 2.45) is 5.92 Å². The number of carbonyl (C=O) groups excluding carboxylic acids is 1. The van der Waals surface area contributed by atoms with Crippen LogP contribution in [-0.2, 0) is 11.2 Å². The predicted octanol–water partition coefficient (Wildman–Crippen LogP) is 5.53. The van der Waals surface area contributed by atoms with Crippen molar-refractivity contribution in [3.8, 4) is 0 Å². The molecule has 0 spiro atoms. The minimum Gasteiger partial charge on any atom is -0.389 e. The fourth-order valence-corrected chi connectivity index (χ4v) is 3.45. The normalized spacial score (nSPS) is 19.3. The third-order valence-electron chi connectivity index (χ3n) is 5.72. The molecule has 2 aromatic carbocycles. The molecule has 33 heavy (non-hydrogen) atoms. The molecule has 2 aromatic rings. The van der Waals surface area contributed by atoms with Crippen LogP contribution in [0, 0.1) is 12.8 Å². The number of benzene rings is 2. The molecule has 0 radical (unpaired) electrons. The Balaban J connectivity index is 0.000000252. The second-order valence-electron chi connectivity index (χ2n) is 8.45. The number of allylic oxidation sites excluding steroid dienone is 1. The quantitative estimate of drug-likeness (QED) is 0.489. The summed E-state index contributed by atoms with van der Waals surface area (Å²) in [6.45, 7) is 12.8. The molecule has 0 aromatic heterocycles. The van der Waals surface area contributed by atoms with Gasteiger partial charge in [-0.05, 0) is 50.4 Å². The van der Waals surface area contributed by atoms with Crippen molar-refractivity contribution in [2.45, 2.75) is 53.1 Å². The number of likely N-dealkylation sites (N-methyl/N-ethyl adjacent to an activating group) is 1. The number of piperazine rings is 1. The highest BCUT2D eigenvalue weighted by Gasteiger charge is 2.14. The molecule has 1 heterocycles. The Morgan fingerprint density at radius 1 is 0.970 bits per heavy atom. The van der Waals surface area contributed by atoms with Crippen LogP contribution in [0.15, 0.2) is 66.7 Å². The van der Waals surface area contributed by atoms with Gasteiger partial charge in [0.05, 0.1) is 6.10 Å². The standard InChI is InChI=1S/C12H18N2.C9H10O.C6H10O.C2H6/c1-11-3-5-12(6-4-11)14-9-7-13(2)8-10-14;10-8-4-7-9-5-2-1-3-6-9;1-5-3-2-4-6(5)7;1-2/h3-6H,7-10H2,1-2H3;1-3,5-6,8H,4,7H2;2,4-7H,3H2,1H3;1-2H3. The van der Waals surface area contributed by atoms with Crippen LogP contribution in [0.2, 0.25) is 0 Å². The lowest BCUT2D eigenvalue weighted by molar-refractivity contribution is -0.107.